The van der Waals surface area contributed by atoms with E-state index in [2.05, 4.69) is 15.4 Å². The first-order valence-electron chi connectivity index (χ1n) is 6.58. The maximum absolute atomic E-state index is 12.0. The standard InChI is InChI=1S/C13H19N3O3S/c1-14-20(18,19)12-6-4-10(5-7-12)13(17)16-11-3-2-8-15-9-11/h4-7,11,14-15H,2-3,8-9H2,1H3,(H,16,17). The summed E-state index contributed by atoms with van der Waals surface area (Å²) in [6, 6.07) is 6.04. The van der Waals surface area contributed by atoms with E-state index in [1.165, 1.54) is 31.3 Å². The third kappa shape index (κ3) is 3.56. The molecule has 1 amide bonds. The minimum Gasteiger partial charge on any atom is -0.348 e. The Balaban J connectivity index is 2.04. The SMILES string of the molecule is CNS(=O)(=O)c1ccc(C(=O)NC2CCCNC2)cc1. The van der Waals surface area contributed by atoms with E-state index in [4.69, 9.17) is 0 Å². The predicted octanol–water partition coefficient (Wildman–Crippen LogP) is 0.0765. The summed E-state index contributed by atoms with van der Waals surface area (Å²) in [6.07, 6.45) is 2.01. The van der Waals surface area contributed by atoms with Gasteiger partial charge in [0.1, 0.15) is 0 Å². The van der Waals surface area contributed by atoms with Gasteiger partial charge in [-0.1, -0.05) is 0 Å². The van der Waals surface area contributed by atoms with Crippen LogP contribution >= 0.6 is 0 Å². The van der Waals surface area contributed by atoms with Crippen molar-refractivity contribution in [2.24, 2.45) is 0 Å². The highest BCUT2D eigenvalue weighted by Crippen LogP contribution is 2.11. The molecule has 0 spiro atoms. The molecule has 0 aliphatic carbocycles. The molecular weight excluding hydrogens is 278 g/mol. The van der Waals surface area contributed by atoms with E-state index in [9.17, 15) is 13.2 Å². The molecule has 0 saturated carbocycles. The molecule has 0 radical (unpaired) electrons. The Bertz CT molecular complexity index is 563. The number of rotatable bonds is 4. The normalized spacial score (nSPS) is 19.6. The molecule has 1 fully saturated rings. The summed E-state index contributed by atoms with van der Waals surface area (Å²) in [4.78, 5) is 12.2. The molecule has 1 saturated heterocycles. The van der Waals surface area contributed by atoms with E-state index in [1.807, 2.05) is 0 Å². The Hall–Kier alpha value is -1.44. The molecule has 7 heteroatoms. The van der Waals surface area contributed by atoms with Crippen molar-refractivity contribution in [1.82, 2.24) is 15.4 Å². The van der Waals surface area contributed by atoms with Crippen molar-refractivity contribution in [1.29, 1.82) is 0 Å². The minimum absolute atomic E-state index is 0.136. The highest BCUT2D eigenvalue weighted by atomic mass is 32.2. The second kappa shape index (κ2) is 6.34. The number of carbonyl (C=O) groups is 1. The van der Waals surface area contributed by atoms with Crippen molar-refractivity contribution >= 4 is 15.9 Å². The monoisotopic (exact) mass is 297 g/mol. The quantitative estimate of drug-likeness (QED) is 0.734. The average molecular weight is 297 g/mol. The maximum Gasteiger partial charge on any atom is 0.251 e. The van der Waals surface area contributed by atoms with Crippen LogP contribution in [0.1, 0.15) is 23.2 Å². The molecule has 1 aromatic carbocycles. The molecule has 3 N–H and O–H groups in total. The van der Waals surface area contributed by atoms with E-state index < -0.39 is 10.0 Å². The number of sulfonamides is 1. The van der Waals surface area contributed by atoms with Gasteiger partial charge in [-0.25, -0.2) is 13.1 Å². The summed E-state index contributed by atoms with van der Waals surface area (Å²) in [5, 5.41) is 6.17. The Morgan fingerprint density at radius 1 is 1.30 bits per heavy atom. The van der Waals surface area contributed by atoms with E-state index in [0.717, 1.165) is 25.9 Å². The molecule has 2 rings (SSSR count). The summed E-state index contributed by atoms with van der Waals surface area (Å²) in [7, 11) is -2.11. The zero-order chi connectivity index (χ0) is 14.6. The first-order valence-corrected chi connectivity index (χ1v) is 8.06. The summed E-state index contributed by atoms with van der Waals surface area (Å²) >= 11 is 0. The lowest BCUT2D eigenvalue weighted by Crippen LogP contribution is -2.45. The van der Waals surface area contributed by atoms with Crippen LogP contribution in [0, 0.1) is 0 Å². The molecule has 20 heavy (non-hydrogen) atoms. The van der Waals surface area contributed by atoms with Crippen molar-refractivity contribution in [2.75, 3.05) is 20.1 Å². The zero-order valence-electron chi connectivity index (χ0n) is 11.3. The van der Waals surface area contributed by atoms with Gasteiger partial charge in [-0.05, 0) is 50.7 Å². The van der Waals surface area contributed by atoms with E-state index in [-0.39, 0.29) is 16.8 Å². The van der Waals surface area contributed by atoms with Crippen molar-refractivity contribution in [3.8, 4) is 0 Å². The fourth-order valence-electron chi connectivity index (χ4n) is 2.15. The van der Waals surface area contributed by atoms with Crippen LogP contribution in [0.2, 0.25) is 0 Å². The molecule has 110 valence electrons. The van der Waals surface area contributed by atoms with Gasteiger partial charge in [-0.3, -0.25) is 4.79 Å². The molecule has 1 aliphatic heterocycles. The number of hydrogen-bond acceptors (Lipinski definition) is 4. The Labute approximate surface area is 119 Å². The smallest absolute Gasteiger partial charge is 0.251 e. The largest absolute Gasteiger partial charge is 0.348 e. The van der Waals surface area contributed by atoms with Crippen LogP contribution in [-0.2, 0) is 10.0 Å². The third-order valence-electron chi connectivity index (χ3n) is 3.33. The van der Waals surface area contributed by atoms with Crippen LogP contribution in [0.3, 0.4) is 0 Å². The second-order valence-corrected chi connectivity index (χ2v) is 6.64. The van der Waals surface area contributed by atoms with Crippen LogP contribution in [0.15, 0.2) is 29.2 Å². The fraction of sp³-hybridized carbons (Fsp3) is 0.462. The molecule has 0 bridgehead atoms. The number of nitrogens with one attached hydrogen (secondary N) is 3. The van der Waals surface area contributed by atoms with Crippen molar-refractivity contribution in [3.05, 3.63) is 29.8 Å². The van der Waals surface area contributed by atoms with Gasteiger partial charge in [-0.15, -0.1) is 0 Å². The lowest BCUT2D eigenvalue weighted by Gasteiger charge is -2.23. The van der Waals surface area contributed by atoms with Crippen molar-refractivity contribution in [3.63, 3.8) is 0 Å². The van der Waals surface area contributed by atoms with Crippen LogP contribution in [-0.4, -0.2) is 40.5 Å². The van der Waals surface area contributed by atoms with Gasteiger partial charge in [0.25, 0.3) is 5.91 Å². The van der Waals surface area contributed by atoms with Gasteiger partial charge in [0.05, 0.1) is 4.90 Å². The van der Waals surface area contributed by atoms with E-state index >= 15 is 0 Å². The molecule has 1 heterocycles. The van der Waals surface area contributed by atoms with Gasteiger partial charge in [-0.2, -0.15) is 0 Å². The Kier molecular flexibility index (Phi) is 4.74. The summed E-state index contributed by atoms with van der Waals surface area (Å²) in [5.74, 6) is -0.174. The zero-order valence-corrected chi connectivity index (χ0v) is 12.2. The Morgan fingerprint density at radius 3 is 2.55 bits per heavy atom. The van der Waals surface area contributed by atoms with E-state index in [0.29, 0.717) is 5.56 Å². The van der Waals surface area contributed by atoms with Gasteiger partial charge in [0, 0.05) is 18.2 Å². The van der Waals surface area contributed by atoms with Crippen molar-refractivity contribution in [2.45, 2.75) is 23.8 Å². The molecule has 0 aromatic heterocycles. The van der Waals surface area contributed by atoms with Gasteiger partial charge >= 0.3 is 0 Å². The number of benzene rings is 1. The fourth-order valence-corrected chi connectivity index (χ4v) is 2.88. The topological polar surface area (TPSA) is 87.3 Å². The summed E-state index contributed by atoms with van der Waals surface area (Å²) in [5.41, 5.74) is 0.464. The molecule has 6 nitrogen and oxygen atoms in total. The third-order valence-corrected chi connectivity index (χ3v) is 4.76. The highest BCUT2D eigenvalue weighted by molar-refractivity contribution is 7.89. The first-order chi connectivity index (χ1) is 9.53. The predicted molar refractivity (Wildman–Crippen MR) is 76.0 cm³/mol. The summed E-state index contributed by atoms with van der Waals surface area (Å²) < 4.78 is 25.4. The Morgan fingerprint density at radius 2 is 2.00 bits per heavy atom. The molecular formula is C13H19N3O3S. The van der Waals surface area contributed by atoms with Gasteiger partial charge in [0.15, 0.2) is 0 Å². The van der Waals surface area contributed by atoms with Crippen molar-refractivity contribution < 1.29 is 13.2 Å². The lowest BCUT2D eigenvalue weighted by molar-refractivity contribution is 0.0930. The van der Waals surface area contributed by atoms with Crippen LogP contribution in [0.5, 0.6) is 0 Å². The maximum atomic E-state index is 12.0. The van der Waals surface area contributed by atoms with Crippen LogP contribution in [0.25, 0.3) is 0 Å². The molecule has 1 atom stereocenters. The lowest BCUT2D eigenvalue weighted by atomic mass is 10.1. The molecule has 1 aromatic rings. The number of piperidine rings is 1. The molecule has 1 aliphatic rings. The highest BCUT2D eigenvalue weighted by Gasteiger charge is 2.17. The summed E-state index contributed by atoms with van der Waals surface area (Å²) in [6.45, 7) is 1.76. The average Bonchev–Trinajstić information content (AvgIpc) is 2.48. The van der Waals surface area contributed by atoms with Gasteiger partial charge < -0.3 is 10.6 Å². The number of amides is 1. The minimum atomic E-state index is -3.46. The number of hydrogen-bond donors (Lipinski definition) is 3. The number of carbonyl (C=O) groups excluding carboxylic acids is 1. The first kappa shape index (κ1) is 15.0. The van der Waals surface area contributed by atoms with Crippen LogP contribution in [0.4, 0.5) is 0 Å². The second-order valence-electron chi connectivity index (χ2n) is 4.75. The van der Waals surface area contributed by atoms with Crippen LogP contribution < -0.4 is 15.4 Å². The van der Waals surface area contributed by atoms with E-state index in [1.54, 1.807) is 0 Å². The molecule has 1 unspecified atom stereocenters. The van der Waals surface area contributed by atoms with Gasteiger partial charge in [0.2, 0.25) is 10.0 Å².